The third kappa shape index (κ3) is 6.71. The lowest BCUT2D eigenvalue weighted by molar-refractivity contribution is 0.294. The van der Waals surface area contributed by atoms with E-state index in [4.69, 9.17) is 4.43 Å². The van der Waals surface area contributed by atoms with Crippen LogP contribution in [0.1, 0.15) is 6.92 Å². The van der Waals surface area contributed by atoms with Gasteiger partial charge in [0.1, 0.15) is 0 Å². The second kappa shape index (κ2) is 3.03. The highest BCUT2D eigenvalue weighted by molar-refractivity contribution is 6.70. The van der Waals surface area contributed by atoms with Crippen molar-refractivity contribution in [1.82, 2.24) is 0 Å². The van der Waals surface area contributed by atoms with Gasteiger partial charge in [0.15, 0.2) is 24.6 Å². The van der Waals surface area contributed by atoms with Gasteiger partial charge in [0.05, 0.1) is 0 Å². The van der Waals surface area contributed by atoms with Crippen LogP contribution in [0.5, 0.6) is 0 Å². The molecule has 0 bridgehead atoms. The lowest BCUT2D eigenvalue weighted by Crippen LogP contribution is -2.30. The minimum absolute atomic E-state index is 0.321. The molecule has 0 saturated heterocycles. The largest absolute Gasteiger partial charge is 0.432 e. The van der Waals surface area contributed by atoms with E-state index in [0.29, 0.717) is 4.97 Å². The highest BCUT2D eigenvalue weighted by Gasteiger charge is 2.14. The summed E-state index contributed by atoms with van der Waals surface area (Å²) in [5.41, 5.74) is 0. The van der Waals surface area contributed by atoms with Gasteiger partial charge >= 0.3 is 0 Å². The van der Waals surface area contributed by atoms with Gasteiger partial charge in [-0.3, -0.25) is 0 Å². The van der Waals surface area contributed by atoms with Crippen LogP contribution in [0, 0.1) is 0 Å². The summed E-state index contributed by atoms with van der Waals surface area (Å²) >= 11 is 2.63. The van der Waals surface area contributed by atoms with Gasteiger partial charge in [-0.15, -0.1) is 0 Å². The van der Waals surface area contributed by atoms with Gasteiger partial charge in [0, 0.05) is 0 Å². The number of hydrogen-bond donors (Lipinski definition) is 0. The van der Waals surface area contributed by atoms with E-state index in [2.05, 4.69) is 35.9 Å². The molecule has 0 fully saturated rings. The van der Waals surface area contributed by atoms with E-state index in [1.807, 2.05) is 6.92 Å². The van der Waals surface area contributed by atoms with Crippen molar-refractivity contribution in [1.29, 1.82) is 0 Å². The first kappa shape index (κ1) is 8.71. The van der Waals surface area contributed by atoms with Gasteiger partial charge in [0.25, 0.3) is 0 Å². The lowest BCUT2D eigenvalue weighted by Gasteiger charge is -2.21. The van der Waals surface area contributed by atoms with E-state index in [-0.39, 0.29) is 0 Å². The summed E-state index contributed by atoms with van der Waals surface area (Å²) in [5, 5.41) is 0. The van der Waals surface area contributed by atoms with Crippen molar-refractivity contribution in [2.45, 2.75) is 31.5 Å². The molecule has 3 heteroatoms. The molecule has 1 nitrogen and oxygen atoms in total. The van der Waals surface area contributed by atoms with Crippen molar-refractivity contribution in [3.63, 3.8) is 0 Å². The molecule has 0 aromatic rings. The summed E-state index contributed by atoms with van der Waals surface area (Å²) in [7, 11) is -1.24. The second-order valence-corrected chi connectivity index (χ2v) is 8.33. The summed E-state index contributed by atoms with van der Waals surface area (Å²) in [5.74, 6) is 0. The highest BCUT2D eigenvalue weighted by Crippen LogP contribution is 2.03. The molecule has 0 rings (SSSR count). The lowest BCUT2D eigenvalue weighted by atomic mass is 10.9. The number of hydrogen-bond acceptors (Lipinski definition) is 1. The van der Waals surface area contributed by atoms with Crippen LogP contribution in [0.15, 0.2) is 0 Å². The smallest absolute Gasteiger partial charge is 0.181 e. The number of rotatable bonds is 2. The first-order chi connectivity index (χ1) is 3.42. The monoisotopic (exact) mass is 144 g/mol. The molecule has 1 atom stereocenters. The zero-order valence-electron chi connectivity index (χ0n) is 6.06. The average Bonchev–Trinajstić information content (AvgIpc) is 1.21. The minimum Gasteiger partial charge on any atom is -0.432 e. The molecule has 0 saturated carbocycles. The van der Waals surface area contributed by atoms with Gasteiger partial charge in [0.2, 0.25) is 0 Å². The maximum atomic E-state index is 5.54. The minimum atomic E-state index is -1.24. The van der Waals surface area contributed by atoms with E-state index in [0.717, 1.165) is 0 Å². The molecule has 0 amide bonds. The Hall–Kier alpha value is 0.709. The van der Waals surface area contributed by atoms with Crippen LogP contribution in [-0.2, 0) is 4.43 Å². The Morgan fingerprint density at radius 1 is 1.38 bits per heavy atom. The molecule has 0 N–H and O–H groups in total. The van der Waals surface area contributed by atoms with Crippen molar-refractivity contribution >= 4 is 24.6 Å². The van der Waals surface area contributed by atoms with E-state index in [1.54, 1.807) is 0 Å². The van der Waals surface area contributed by atoms with Gasteiger partial charge in [-0.25, -0.2) is 0 Å². The van der Waals surface area contributed by atoms with E-state index < -0.39 is 8.32 Å². The summed E-state index contributed by atoms with van der Waals surface area (Å²) in [6, 6.07) is 0. The van der Waals surface area contributed by atoms with Gasteiger partial charge in [-0.2, -0.15) is 0 Å². The first-order valence-electron chi connectivity index (χ1n) is 2.85. The Bertz CT molecular complexity index is 67.3. The molecule has 0 spiro atoms. The van der Waals surface area contributed by atoms with Crippen molar-refractivity contribution in [3.05, 3.63) is 0 Å². The van der Waals surface area contributed by atoms with Crippen LogP contribution < -0.4 is 0 Å². The maximum absolute atomic E-state index is 5.54. The van der Waals surface area contributed by atoms with Crippen molar-refractivity contribution < 1.29 is 4.43 Å². The molecule has 0 aromatic heterocycles. The molecule has 0 aliphatic carbocycles. The molecule has 0 aliphatic rings. The van der Waals surface area contributed by atoms with Gasteiger partial charge in [-0.05, 0) is 24.6 Å². The van der Waals surface area contributed by atoms with E-state index in [1.165, 1.54) is 0 Å². The van der Waals surface area contributed by atoms with Crippen LogP contribution in [0.25, 0.3) is 0 Å². The third-order valence-electron chi connectivity index (χ3n) is 0.539. The Morgan fingerprint density at radius 2 is 1.75 bits per heavy atom. The van der Waals surface area contributed by atoms with Crippen molar-refractivity contribution in [3.8, 4) is 0 Å². The third-order valence-corrected chi connectivity index (χ3v) is 2.03. The molecule has 1 unspecified atom stereocenters. The SMILES string of the molecule is C[CH]([Al])O[Si](C)(C)C. The predicted octanol–water partition coefficient (Wildman–Crippen LogP) is 1.35. The molecule has 0 aromatic carbocycles. The molecule has 8 heavy (non-hydrogen) atoms. The van der Waals surface area contributed by atoms with Crippen LogP contribution in [0.3, 0.4) is 0 Å². The standard InChI is InChI=1S/C5H13OSi.Al/c1-5-6-7(2,3)4;/h5H,1-4H3;. The molecule has 0 aliphatic heterocycles. The molecular weight excluding hydrogens is 131 g/mol. The van der Waals surface area contributed by atoms with Crippen LogP contribution >= 0.6 is 0 Å². The van der Waals surface area contributed by atoms with Gasteiger partial charge < -0.3 is 4.43 Å². The normalized spacial score (nSPS) is 16.0. The zero-order valence-corrected chi connectivity index (χ0v) is 8.22. The molecule has 46 valence electrons. The Labute approximate surface area is 61.0 Å². The summed E-state index contributed by atoms with van der Waals surface area (Å²) in [6.07, 6.45) is 0. The fraction of sp³-hybridized carbons (Fsp3) is 1.00. The Kier molecular flexibility index (Phi) is 3.29. The Balaban J connectivity index is 3.39. The fourth-order valence-corrected chi connectivity index (χ4v) is 2.90. The first-order valence-corrected chi connectivity index (χ1v) is 6.93. The topological polar surface area (TPSA) is 9.23 Å². The zero-order chi connectivity index (χ0) is 6.78. The fourth-order valence-electron chi connectivity index (χ4n) is 0.558. The van der Waals surface area contributed by atoms with Gasteiger partial charge in [-0.1, -0.05) is 6.92 Å². The van der Waals surface area contributed by atoms with Crippen LogP contribution in [0.4, 0.5) is 0 Å². The van der Waals surface area contributed by atoms with Crippen LogP contribution in [0.2, 0.25) is 19.6 Å². The summed E-state index contributed by atoms with van der Waals surface area (Å²) in [6.45, 7) is 8.61. The Morgan fingerprint density at radius 3 is 1.75 bits per heavy atom. The van der Waals surface area contributed by atoms with Crippen molar-refractivity contribution in [2.75, 3.05) is 0 Å². The summed E-state index contributed by atoms with van der Waals surface area (Å²) in [4.78, 5) is 0.321. The maximum Gasteiger partial charge on any atom is 0.181 e. The quantitative estimate of drug-likeness (QED) is 0.532. The molecular formula is C5H13AlOSi. The second-order valence-electron chi connectivity index (χ2n) is 2.94. The molecule has 2 radical (unpaired) electrons. The van der Waals surface area contributed by atoms with E-state index in [9.17, 15) is 0 Å². The van der Waals surface area contributed by atoms with Crippen molar-refractivity contribution in [2.24, 2.45) is 0 Å². The summed E-state index contributed by atoms with van der Waals surface area (Å²) < 4.78 is 5.54. The highest BCUT2D eigenvalue weighted by atomic mass is 28.4. The van der Waals surface area contributed by atoms with Crippen LogP contribution in [-0.4, -0.2) is 29.6 Å². The van der Waals surface area contributed by atoms with E-state index >= 15 is 0 Å². The average molecular weight is 144 g/mol. The molecule has 0 heterocycles. The predicted molar refractivity (Wildman–Crippen MR) is 39.6 cm³/mol.